The first-order valence-corrected chi connectivity index (χ1v) is 10.5. The van der Waals surface area contributed by atoms with Gasteiger partial charge in [0.05, 0.1) is 22.2 Å². The van der Waals surface area contributed by atoms with E-state index < -0.39 is 24.0 Å². The number of esters is 1. The molecular formula is C20H18BrN3O5S. The zero-order valence-corrected chi connectivity index (χ0v) is 18.3. The number of fused-ring (bicyclic) bond motifs is 1. The zero-order valence-electron chi connectivity index (χ0n) is 15.9. The van der Waals surface area contributed by atoms with Gasteiger partial charge in [0.2, 0.25) is 0 Å². The van der Waals surface area contributed by atoms with E-state index in [1.54, 1.807) is 18.3 Å². The molecule has 0 saturated carbocycles. The van der Waals surface area contributed by atoms with Gasteiger partial charge in [-0.05, 0) is 33.6 Å². The van der Waals surface area contributed by atoms with Crippen LogP contribution in [0.5, 0.6) is 0 Å². The lowest BCUT2D eigenvalue weighted by atomic mass is 10.2. The molecule has 3 aromatic rings. The van der Waals surface area contributed by atoms with Crippen LogP contribution in [0.3, 0.4) is 0 Å². The van der Waals surface area contributed by atoms with Crippen LogP contribution in [0.15, 0.2) is 53.1 Å². The minimum absolute atomic E-state index is 0.0522. The fourth-order valence-electron chi connectivity index (χ4n) is 2.54. The summed E-state index contributed by atoms with van der Waals surface area (Å²) in [6.07, 6.45) is 0.845. The van der Waals surface area contributed by atoms with E-state index in [1.807, 2.05) is 30.3 Å². The molecule has 1 atom stereocenters. The third-order valence-corrected chi connectivity index (χ3v) is 6.12. The number of benzene rings is 1. The summed E-state index contributed by atoms with van der Waals surface area (Å²) >= 11 is 4.69. The maximum absolute atomic E-state index is 12.5. The molecule has 10 heteroatoms. The Hall–Kier alpha value is -2.98. The minimum atomic E-state index is -1.10. The quantitative estimate of drug-likeness (QED) is 0.491. The number of halogens is 1. The second kappa shape index (κ2) is 10.2. The number of hydrogen-bond donors (Lipinski definition) is 2. The van der Waals surface area contributed by atoms with Gasteiger partial charge in [-0.1, -0.05) is 30.3 Å². The van der Waals surface area contributed by atoms with Gasteiger partial charge in [0.25, 0.3) is 5.91 Å². The smallest absolute Gasteiger partial charge is 0.408 e. The van der Waals surface area contributed by atoms with E-state index in [9.17, 15) is 14.4 Å². The highest BCUT2D eigenvalue weighted by Gasteiger charge is 2.24. The van der Waals surface area contributed by atoms with E-state index >= 15 is 0 Å². The summed E-state index contributed by atoms with van der Waals surface area (Å²) in [6, 6.07) is 11.5. The second-order valence-corrected chi connectivity index (χ2v) is 8.02. The molecule has 0 spiro atoms. The molecule has 2 aromatic heterocycles. The first kappa shape index (κ1) is 21.7. The first-order chi connectivity index (χ1) is 14.5. The van der Waals surface area contributed by atoms with Crippen molar-refractivity contribution in [3.63, 3.8) is 0 Å². The summed E-state index contributed by atoms with van der Waals surface area (Å²) in [7, 11) is 1.20. The van der Waals surface area contributed by atoms with E-state index in [1.165, 1.54) is 18.4 Å². The molecule has 0 radical (unpaired) electrons. The molecular weight excluding hydrogens is 474 g/mol. The minimum Gasteiger partial charge on any atom is -0.467 e. The topological polar surface area (TPSA) is 107 Å². The van der Waals surface area contributed by atoms with Gasteiger partial charge in [-0.3, -0.25) is 9.78 Å². The van der Waals surface area contributed by atoms with Crippen LogP contribution in [0, 0.1) is 0 Å². The van der Waals surface area contributed by atoms with Crippen LogP contribution in [-0.2, 0) is 20.9 Å². The molecule has 0 aliphatic carbocycles. The van der Waals surface area contributed by atoms with Crippen molar-refractivity contribution < 1.29 is 23.9 Å². The van der Waals surface area contributed by atoms with Crippen molar-refractivity contribution in [2.24, 2.45) is 0 Å². The number of carbonyl (C=O) groups excluding carboxylic acids is 3. The molecule has 30 heavy (non-hydrogen) atoms. The molecule has 2 amide bonds. The number of methoxy groups -OCH3 is 1. The molecule has 2 heterocycles. The molecule has 156 valence electrons. The van der Waals surface area contributed by atoms with Crippen molar-refractivity contribution in [2.45, 2.75) is 12.6 Å². The van der Waals surface area contributed by atoms with Gasteiger partial charge in [-0.25, -0.2) is 9.59 Å². The van der Waals surface area contributed by atoms with Gasteiger partial charge in [0.15, 0.2) is 0 Å². The number of carbonyl (C=O) groups is 3. The number of thiophene rings is 1. The highest BCUT2D eigenvalue weighted by Crippen LogP contribution is 2.30. The second-order valence-electron chi connectivity index (χ2n) is 6.11. The molecule has 2 N–H and O–H groups in total. The third-order valence-electron chi connectivity index (χ3n) is 4.04. The average molecular weight is 492 g/mol. The Morgan fingerprint density at radius 3 is 2.67 bits per heavy atom. The van der Waals surface area contributed by atoms with Gasteiger partial charge in [0, 0.05) is 17.2 Å². The Balaban J connectivity index is 1.58. The predicted molar refractivity (Wildman–Crippen MR) is 115 cm³/mol. The first-order valence-electron chi connectivity index (χ1n) is 8.85. The van der Waals surface area contributed by atoms with Gasteiger partial charge < -0.3 is 20.1 Å². The number of nitrogens with zero attached hydrogens (tertiary/aromatic N) is 1. The average Bonchev–Trinajstić information content (AvgIpc) is 3.21. The number of alkyl carbamates (subject to hydrolysis) is 1. The monoisotopic (exact) mass is 491 g/mol. The maximum atomic E-state index is 12.5. The normalized spacial score (nSPS) is 11.5. The lowest BCUT2D eigenvalue weighted by Crippen LogP contribution is -2.49. The summed E-state index contributed by atoms with van der Waals surface area (Å²) in [5, 5.41) is 5.04. The predicted octanol–water partition coefficient (Wildman–Crippen LogP) is 3.26. The summed E-state index contributed by atoms with van der Waals surface area (Å²) in [5.74, 6) is -1.09. The maximum Gasteiger partial charge on any atom is 0.408 e. The summed E-state index contributed by atoms with van der Waals surface area (Å²) in [6.45, 7) is -0.106. The van der Waals surface area contributed by atoms with Crippen LogP contribution in [-0.4, -0.2) is 42.7 Å². The van der Waals surface area contributed by atoms with Crippen LogP contribution in [0.4, 0.5) is 4.79 Å². The number of nitrogens with one attached hydrogen (secondary N) is 2. The van der Waals surface area contributed by atoms with Gasteiger partial charge in [0.1, 0.15) is 12.6 Å². The summed E-state index contributed by atoms with van der Waals surface area (Å²) in [5.41, 5.74) is 1.49. The standard InChI is InChI=1S/C20H18BrN3O5S/c1-28-19(26)15(24-20(27)29-11-12-5-3-2-4-6-12)10-23-18(25)16-9-14-17(30-16)13(21)7-8-22-14/h2-9,15H,10-11H2,1H3,(H,23,25)(H,24,27)/t15-/m1/s1. The van der Waals surface area contributed by atoms with Crippen molar-refractivity contribution >= 4 is 55.5 Å². The van der Waals surface area contributed by atoms with Gasteiger partial charge >= 0.3 is 12.1 Å². The number of rotatable bonds is 7. The molecule has 0 bridgehead atoms. The Labute approximate surface area is 184 Å². The lowest BCUT2D eigenvalue weighted by Gasteiger charge is -2.17. The van der Waals surface area contributed by atoms with Crippen LogP contribution in [0.25, 0.3) is 10.2 Å². The lowest BCUT2D eigenvalue weighted by molar-refractivity contribution is -0.142. The van der Waals surface area contributed by atoms with Crippen molar-refractivity contribution in [1.29, 1.82) is 0 Å². The molecule has 0 fully saturated rings. The molecule has 1 aromatic carbocycles. The van der Waals surface area contributed by atoms with E-state index in [0.29, 0.717) is 10.4 Å². The molecule has 0 saturated heterocycles. The Kier molecular flexibility index (Phi) is 7.36. The van der Waals surface area contributed by atoms with E-state index in [0.717, 1.165) is 14.7 Å². The van der Waals surface area contributed by atoms with Crippen molar-refractivity contribution in [3.05, 3.63) is 63.6 Å². The number of amides is 2. The van der Waals surface area contributed by atoms with Gasteiger partial charge in [-0.2, -0.15) is 0 Å². The van der Waals surface area contributed by atoms with Crippen molar-refractivity contribution in [1.82, 2.24) is 15.6 Å². The fraction of sp³-hybridized carbons (Fsp3) is 0.200. The Morgan fingerprint density at radius 1 is 1.20 bits per heavy atom. The van der Waals surface area contributed by atoms with Crippen LogP contribution in [0.2, 0.25) is 0 Å². The fourth-order valence-corrected chi connectivity index (χ4v) is 4.04. The van der Waals surface area contributed by atoms with Crippen molar-refractivity contribution in [2.75, 3.05) is 13.7 Å². The molecule has 8 nitrogen and oxygen atoms in total. The summed E-state index contributed by atoms with van der Waals surface area (Å²) < 4.78 is 11.5. The van der Waals surface area contributed by atoms with E-state index in [-0.39, 0.29) is 13.2 Å². The van der Waals surface area contributed by atoms with E-state index in [2.05, 4.69) is 31.5 Å². The molecule has 0 aliphatic rings. The Bertz CT molecular complexity index is 1060. The zero-order chi connectivity index (χ0) is 21.5. The SMILES string of the molecule is COC(=O)[C@@H](CNC(=O)c1cc2nccc(Br)c2s1)NC(=O)OCc1ccccc1. The third kappa shape index (κ3) is 5.55. The number of aromatic nitrogens is 1. The van der Waals surface area contributed by atoms with E-state index in [4.69, 9.17) is 9.47 Å². The van der Waals surface area contributed by atoms with Gasteiger partial charge in [-0.15, -0.1) is 11.3 Å². The largest absolute Gasteiger partial charge is 0.467 e. The molecule has 3 rings (SSSR count). The van der Waals surface area contributed by atoms with Crippen LogP contribution >= 0.6 is 27.3 Å². The van der Waals surface area contributed by atoms with Crippen molar-refractivity contribution in [3.8, 4) is 0 Å². The molecule has 0 unspecified atom stereocenters. The highest BCUT2D eigenvalue weighted by molar-refractivity contribution is 9.10. The number of hydrogen-bond acceptors (Lipinski definition) is 7. The Morgan fingerprint density at radius 2 is 1.97 bits per heavy atom. The van der Waals surface area contributed by atoms with Crippen LogP contribution < -0.4 is 10.6 Å². The number of ether oxygens (including phenoxy) is 2. The molecule has 0 aliphatic heterocycles. The highest BCUT2D eigenvalue weighted by atomic mass is 79.9. The van der Waals surface area contributed by atoms with Crippen LogP contribution in [0.1, 0.15) is 15.2 Å². The summed E-state index contributed by atoms with van der Waals surface area (Å²) in [4.78, 5) is 41.2. The number of pyridine rings is 1.